The number of nitrogens with one attached hydrogen (secondary N) is 1. The van der Waals surface area contributed by atoms with Crippen molar-refractivity contribution >= 4 is 21.4 Å². The highest BCUT2D eigenvalue weighted by Crippen LogP contribution is 2.17. The zero-order valence-electron chi connectivity index (χ0n) is 13.5. The largest absolute Gasteiger partial charge is 0.390 e. The first-order valence-electron chi connectivity index (χ1n) is 7.78. The molecule has 2 N–H and O–H groups in total. The Morgan fingerprint density at radius 1 is 1.30 bits per heavy atom. The molecule has 1 aliphatic heterocycles. The maximum Gasteiger partial charge on any atom is 0.225 e. The Morgan fingerprint density at radius 2 is 1.96 bits per heavy atom. The van der Waals surface area contributed by atoms with Gasteiger partial charge >= 0.3 is 0 Å². The Hall–Kier alpha value is -1.44. The van der Waals surface area contributed by atoms with E-state index in [9.17, 15) is 18.3 Å². The fraction of sp³-hybridized carbons (Fsp3) is 0.562. The zero-order chi connectivity index (χ0) is 17.0. The van der Waals surface area contributed by atoms with Crippen LogP contribution in [0, 0.1) is 0 Å². The van der Waals surface area contributed by atoms with E-state index in [-0.39, 0.29) is 23.8 Å². The number of aliphatic hydroxyl groups excluding tert-OH is 1. The van der Waals surface area contributed by atoms with E-state index in [4.69, 9.17) is 0 Å². The quantitative estimate of drug-likeness (QED) is 0.795. The first kappa shape index (κ1) is 17.9. The van der Waals surface area contributed by atoms with E-state index in [1.165, 1.54) is 5.56 Å². The van der Waals surface area contributed by atoms with E-state index in [0.717, 1.165) is 12.1 Å². The zero-order valence-corrected chi connectivity index (χ0v) is 14.3. The van der Waals surface area contributed by atoms with E-state index in [0.29, 0.717) is 6.54 Å². The predicted molar refractivity (Wildman–Crippen MR) is 90.1 cm³/mol. The number of aliphatic hydroxyl groups is 1. The molecule has 1 aliphatic rings. The van der Waals surface area contributed by atoms with Crippen molar-refractivity contribution in [1.82, 2.24) is 4.90 Å². The van der Waals surface area contributed by atoms with Gasteiger partial charge in [0.2, 0.25) is 5.91 Å². The molecule has 0 saturated carbocycles. The van der Waals surface area contributed by atoms with Gasteiger partial charge in [0, 0.05) is 18.7 Å². The van der Waals surface area contributed by atoms with Gasteiger partial charge < -0.3 is 10.4 Å². The third kappa shape index (κ3) is 5.02. The summed E-state index contributed by atoms with van der Waals surface area (Å²) in [4.78, 5) is 13.7. The summed E-state index contributed by atoms with van der Waals surface area (Å²) in [6.07, 6.45) is 0.315. The van der Waals surface area contributed by atoms with E-state index in [1.807, 2.05) is 24.3 Å². The van der Waals surface area contributed by atoms with Crippen LogP contribution in [0.25, 0.3) is 0 Å². The van der Waals surface area contributed by atoms with Crippen LogP contribution in [0.15, 0.2) is 24.3 Å². The summed E-state index contributed by atoms with van der Waals surface area (Å²) in [6.45, 7) is 2.47. The van der Waals surface area contributed by atoms with Crippen LogP contribution in [0.5, 0.6) is 0 Å². The second-order valence-electron chi connectivity index (χ2n) is 6.04. The number of anilines is 1. The van der Waals surface area contributed by atoms with E-state index >= 15 is 0 Å². The van der Waals surface area contributed by atoms with Gasteiger partial charge in [-0.05, 0) is 31.2 Å². The minimum atomic E-state index is -3.18. The molecule has 1 heterocycles. The normalized spacial score (nSPS) is 23.1. The monoisotopic (exact) mass is 340 g/mol. The molecule has 23 heavy (non-hydrogen) atoms. The summed E-state index contributed by atoms with van der Waals surface area (Å²) in [5.41, 5.74) is 1.96. The molecule has 0 aromatic heterocycles. The second kappa shape index (κ2) is 7.42. The molecule has 1 fully saturated rings. The Morgan fingerprint density at radius 3 is 2.48 bits per heavy atom. The van der Waals surface area contributed by atoms with Crippen LogP contribution in [0.4, 0.5) is 5.69 Å². The highest BCUT2D eigenvalue weighted by atomic mass is 32.2. The molecule has 7 heteroatoms. The fourth-order valence-electron chi connectivity index (χ4n) is 2.72. The number of carbonyl (C=O) groups excluding carboxylic acids is 1. The Balaban J connectivity index is 1.81. The van der Waals surface area contributed by atoms with Crippen molar-refractivity contribution in [3.8, 4) is 0 Å². The lowest BCUT2D eigenvalue weighted by Gasteiger charge is -2.25. The number of likely N-dealkylation sites (N-methyl/N-ethyl adjacent to an activating group) is 1. The fourth-order valence-corrected chi connectivity index (χ4v) is 4.60. The van der Waals surface area contributed by atoms with Gasteiger partial charge in [0.15, 0.2) is 9.84 Å². The van der Waals surface area contributed by atoms with Gasteiger partial charge in [0.1, 0.15) is 0 Å². The number of aryl methyl sites for hydroxylation is 1. The highest BCUT2D eigenvalue weighted by Gasteiger charge is 2.38. The van der Waals surface area contributed by atoms with Crippen molar-refractivity contribution in [3.63, 3.8) is 0 Å². The first-order valence-corrected chi connectivity index (χ1v) is 9.60. The van der Waals surface area contributed by atoms with Gasteiger partial charge in [0.25, 0.3) is 0 Å². The number of hydrogen-bond acceptors (Lipinski definition) is 5. The Bertz CT molecular complexity index is 643. The minimum Gasteiger partial charge on any atom is -0.390 e. The van der Waals surface area contributed by atoms with Crippen LogP contribution in [0.1, 0.15) is 18.9 Å². The third-order valence-corrected chi connectivity index (χ3v) is 5.90. The second-order valence-corrected chi connectivity index (χ2v) is 8.19. The number of sulfone groups is 1. The standard InChI is InChI=1S/C16H24N2O4S/c1-3-12-4-6-13(7-5-12)17-16(20)8-9-18(2)14-10-23(21,22)11-15(14)19/h4-7,14-15,19H,3,8-11H2,1-2H3,(H,17,20)/t14-,15-/m1/s1. The molecule has 6 nitrogen and oxygen atoms in total. The van der Waals surface area contributed by atoms with E-state index in [2.05, 4.69) is 12.2 Å². The molecule has 1 amide bonds. The molecule has 1 saturated heterocycles. The van der Waals surface area contributed by atoms with Gasteiger partial charge in [-0.1, -0.05) is 19.1 Å². The Labute approximate surface area is 137 Å². The topological polar surface area (TPSA) is 86.7 Å². The SMILES string of the molecule is CCc1ccc(NC(=O)CCN(C)[C@@H]2CS(=O)(=O)C[C@H]2O)cc1. The molecule has 0 unspecified atom stereocenters. The van der Waals surface area contributed by atoms with Crippen LogP contribution >= 0.6 is 0 Å². The van der Waals surface area contributed by atoms with Gasteiger partial charge in [-0.15, -0.1) is 0 Å². The maximum absolute atomic E-state index is 12.0. The van der Waals surface area contributed by atoms with Crippen molar-refractivity contribution in [3.05, 3.63) is 29.8 Å². The lowest BCUT2D eigenvalue weighted by atomic mass is 10.1. The molecular formula is C16H24N2O4S. The van der Waals surface area contributed by atoms with Gasteiger partial charge in [0.05, 0.1) is 23.7 Å². The first-order chi connectivity index (χ1) is 10.8. The van der Waals surface area contributed by atoms with Crippen molar-refractivity contribution in [2.45, 2.75) is 31.9 Å². The molecule has 0 aliphatic carbocycles. The summed E-state index contributed by atoms with van der Waals surface area (Å²) < 4.78 is 23.0. The van der Waals surface area contributed by atoms with Crippen LogP contribution in [0.3, 0.4) is 0 Å². The van der Waals surface area contributed by atoms with Gasteiger partial charge in [-0.25, -0.2) is 8.42 Å². The summed E-state index contributed by atoms with van der Waals surface area (Å²) >= 11 is 0. The highest BCUT2D eigenvalue weighted by molar-refractivity contribution is 7.91. The average Bonchev–Trinajstić information content (AvgIpc) is 2.78. The summed E-state index contributed by atoms with van der Waals surface area (Å²) in [5.74, 6) is -0.376. The van der Waals surface area contributed by atoms with Crippen molar-refractivity contribution in [2.24, 2.45) is 0 Å². The number of nitrogens with zero attached hydrogens (tertiary/aromatic N) is 1. The van der Waals surface area contributed by atoms with Crippen LogP contribution < -0.4 is 5.32 Å². The smallest absolute Gasteiger partial charge is 0.225 e. The minimum absolute atomic E-state index is 0.0508. The molecule has 0 spiro atoms. The Kier molecular flexibility index (Phi) is 5.78. The third-order valence-electron chi connectivity index (χ3n) is 4.20. The average molecular weight is 340 g/mol. The molecule has 2 rings (SSSR count). The lowest BCUT2D eigenvalue weighted by molar-refractivity contribution is -0.116. The predicted octanol–water partition coefficient (Wildman–Crippen LogP) is 0.667. The number of benzene rings is 1. The summed E-state index contributed by atoms with van der Waals surface area (Å²) in [7, 11) is -1.44. The summed E-state index contributed by atoms with van der Waals surface area (Å²) in [6, 6.07) is 7.25. The van der Waals surface area contributed by atoms with Crippen molar-refractivity contribution in [2.75, 3.05) is 30.4 Å². The lowest BCUT2D eigenvalue weighted by Crippen LogP contribution is -2.41. The molecule has 0 radical (unpaired) electrons. The molecule has 128 valence electrons. The number of carbonyl (C=O) groups is 1. The van der Waals surface area contributed by atoms with E-state index < -0.39 is 22.0 Å². The van der Waals surface area contributed by atoms with Crippen LogP contribution in [-0.2, 0) is 21.1 Å². The number of amides is 1. The molecule has 2 atom stereocenters. The summed E-state index contributed by atoms with van der Waals surface area (Å²) in [5, 5.41) is 12.6. The number of rotatable bonds is 6. The molecule has 0 bridgehead atoms. The maximum atomic E-state index is 12.0. The number of hydrogen-bond donors (Lipinski definition) is 2. The van der Waals surface area contributed by atoms with Crippen molar-refractivity contribution in [1.29, 1.82) is 0 Å². The van der Waals surface area contributed by atoms with Gasteiger partial charge in [-0.2, -0.15) is 0 Å². The molecule has 1 aromatic rings. The van der Waals surface area contributed by atoms with Crippen LogP contribution in [0.2, 0.25) is 0 Å². The van der Waals surface area contributed by atoms with Crippen molar-refractivity contribution < 1.29 is 18.3 Å². The van der Waals surface area contributed by atoms with Gasteiger partial charge in [-0.3, -0.25) is 9.69 Å². The van der Waals surface area contributed by atoms with E-state index in [1.54, 1.807) is 11.9 Å². The van der Waals surface area contributed by atoms with Crippen LogP contribution in [-0.4, -0.2) is 61.6 Å². The molecular weight excluding hydrogens is 316 g/mol. The molecule has 1 aromatic carbocycles.